The van der Waals surface area contributed by atoms with Crippen molar-refractivity contribution in [2.24, 2.45) is 5.92 Å². The summed E-state index contributed by atoms with van der Waals surface area (Å²) in [5, 5.41) is 3.43. The highest BCUT2D eigenvalue weighted by atomic mass is 127. The lowest BCUT2D eigenvalue weighted by Gasteiger charge is -2.17. The van der Waals surface area contributed by atoms with Gasteiger partial charge in [-0.05, 0) is 53.6 Å². The molecule has 76 valence electrons. The van der Waals surface area contributed by atoms with Crippen LogP contribution in [0, 0.1) is 9.49 Å². The van der Waals surface area contributed by atoms with Crippen molar-refractivity contribution in [3.63, 3.8) is 0 Å². The minimum Gasteiger partial charge on any atom is -0.313 e. The van der Waals surface area contributed by atoms with Crippen LogP contribution in [0.25, 0.3) is 0 Å². The molecule has 1 N–H and O–H groups in total. The molecule has 0 radical (unpaired) electrons. The Balaban J connectivity index is 2.12. The molecule has 0 amide bonds. The van der Waals surface area contributed by atoms with Crippen molar-refractivity contribution in [1.82, 2.24) is 5.32 Å². The van der Waals surface area contributed by atoms with Gasteiger partial charge in [-0.25, -0.2) is 0 Å². The van der Waals surface area contributed by atoms with Crippen LogP contribution in [0.2, 0.25) is 0 Å². The lowest BCUT2D eigenvalue weighted by molar-refractivity contribution is 0.512. The monoisotopic (exact) mass is 301 g/mol. The molecule has 0 bridgehead atoms. The Morgan fingerprint density at radius 1 is 1.43 bits per heavy atom. The highest BCUT2D eigenvalue weighted by molar-refractivity contribution is 14.1. The molecule has 1 aliphatic carbocycles. The molecule has 1 unspecified atom stereocenters. The summed E-state index contributed by atoms with van der Waals surface area (Å²) in [5.74, 6) is 0.975. The van der Waals surface area contributed by atoms with Crippen molar-refractivity contribution in [3.8, 4) is 0 Å². The molecule has 0 heterocycles. The molecule has 0 spiro atoms. The smallest absolute Gasteiger partial charge is 0.0330 e. The van der Waals surface area contributed by atoms with Gasteiger partial charge < -0.3 is 5.32 Å². The minimum atomic E-state index is 0.551. The van der Waals surface area contributed by atoms with Gasteiger partial charge in [-0.1, -0.05) is 31.0 Å². The van der Waals surface area contributed by atoms with Crippen molar-refractivity contribution < 1.29 is 0 Å². The van der Waals surface area contributed by atoms with Gasteiger partial charge in [0, 0.05) is 9.61 Å². The molecular formula is C12H16IN. The zero-order valence-electron chi connectivity index (χ0n) is 8.46. The van der Waals surface area contributed by atoms with Crippen LogP contribution < -0.4 is 5.32 Å². The van der Waals surface area contributed by atoms with Crippen LogP contribution in [0.15, 0.2) is 24.3 Å². The van der Waals surface area contributed by atoms with E-state index < -0.39 is 0 Å². The third-order valence-electron chi connectivity index (χ3n) is 2.90. The second-order valence-electron chi connectivity index (χ2n) is 4.04. The zero-order valence-corrected chi connectivity index (χ0v) is 10.6. The van der Waals surface area contributed by atoms with Gasteiger partial charge in [0.25, 0.3) is 0 Å². The molecule has 0 aliphatic heterocycles. The number of benzene rings is 1. The van der Waals surface area contributed by atoms with Gasteiger partial charge in [0.15, 0.2) is 0 Å². The highest BCUT2D eigenvalue weighted by Gasteiger charge is 2.26. The van der Waals surface area contributed by atoms with E-state index in [4.69, 9.17) is 0 Å². The van der Waals surface area contributed by atoms with E-state index in [9.17, 15) is 0 Å². The predicted octanol–water partition coefficient (Wildman–Crippen LogP) is 3.35. The highest BCUT2D eigenvalue weighted by Crippen LogP contribution is 2.38. The van der Waals surface area contributed by atoms with E-state index >= 15 is 0 Å². The maximum atomic E-state index is 3.43. The van der Waals surface area contributed by atoms with E-state index in [1.165, 1.54) is 28.4 Å². The molecule has 1 aliphatic rings. The van der Waals surface area contributed by atoms with Crippen molar-refractivity contribution >= 4 is 22.6 Å². The molecule has 1 fully saturated rings. The molecule has 0 saturated heterocycles. The molecule has 1 atom stereocenters. The van der Waals surface area contributed by atoms with Gasteiger partial charge in [-0.3, -0.25) is 0 Å². The normalized spacial score (nSPS) is 18.1. The number of hydrogen-bond acceptors (Lipinski definition) is 1. The van der Waals surface area contributed by atoms with Gasteiger partial charge in [0.2, 0.25) is 0 Å². The first-order valence-corrected chi connectivity index (χ1v) is 6.31. The zero-order chi connectivity index (χ0) is 9.97. The van der Waals surface area contributed by atoms with Gasteiger partial charge >= 0.3 is 0 Å². The van der Waals surface area contributed by atoms with Crippen LogP contribution in [0.4, 0.5) is 0 Å². The van der Waals surface area contributed by atoms with Crippen molar-refractivity contribution in [2.45, 2.75) is 25.3 Å². The average molecular weight is 301 g/mol. The standard InChI is InChI=1S/C12H16IN/c1-14-12(8-9-6-7-9)10-4-2-3-5-11(10)13/h2-5,9,12,14H,6-8H2,1H3. The van der Waals surface area contributed by atoms with Gasteiger partial charge in [-0.2, -0.15) is 0 Å². The fraction of sp³-hybridized carbons (Fsp3) is 0.500. The first-order chi connectivity index (χ1) is 6.81. The molecule has 1 aromatic rings. The topological polar surface area (TPSA) is 12.0 Å². The van der Waals surface area contributed by atoms with Crippen LogP contribution in [0.1, 0.15) is 30.9 Å². The Morgan fingerprint density at radius 3 is 2.71 bits per heavy atom. The van der Waals surface area contributed by atoms with E-state index in [1.807, 2.05) is 0 Å². The van der Waals surface area contributed by atoms with Crippen LogP contribution in [-0.2, 0) is 0 Å². The van der Waals surface area contributed by atoms with Crippen LogP contribution in [0.5, 0.6) is 0 Å². The summed E-state index contributed by atoms with van der Waals surface area (Å²) in [6, 6.07) is 9.22. The fourth-order valence-corrected chi connectivity index (χ4v) is 2.61. The molecular weight excluding hydrogens is 285 g/mol. The second kappa shape index (κ2) is 4.62. The summed E-state index contributed by atoms with van der Waals surface area (Å²) in [6.45, 7) is 0. The first kappa shape index (κ1) is 10.4. The number of nitrogens with one attached hydrogen (secondary N) is 1. The van der Waals surface area contributed by atoms with Crippen molar-refractivity contribution in [1.29, 1.82) is 0 Å². The third kappa shape index (κ3) is 2.48. The summed E-state index contributed by atoms with van der Waals surface area (Å²) in [7, 11) is 2.07. The number of halogens is 1. The summed E-state index contributed by atoms with van der Waals surface area (Å²) in [4.78, 5) is 0. The predicted molar refractivity (Wildman–Crippen MR) is 68.3 cm³/mol. The first-order valence-electron chi connectivity index (χ1n) is 5.23. The van der Waals surface area contributed by atoms with Crippen LogP contribution >= 0.6 is 22.6 Å². The van der Waals surface area contributed by atoms with E-state index in [-0.39, 0.29) is 0 Å². The summed E-state index contributed by atoms with van der Waals surface area (Å²) in [5.41, 5.74) is 1.46. The quantitative estimate of drug-likeness (QED) is 0.841. The molecule has 2 heteroatoms. The van der Waals surface area contributed by atoms with Crippen LogP contribution in [-0.4, -0.2) is 7.05 Å². The Kier molecular flexibility index (Phi) is 3.44. The Hall–Kier alpha value is -0.0900. The molecule has 0 aromatic heterocycles. The van der Waals surface area contributed by atoms with E-state index in [2.05, 4.69) is 59.2 Å². The number of rotatable bonds is 4. The lowest BCUT2D eigenvalue weighted by Crippen LogP contribution is -2.17. The van der Waals surface area contributed by atoms with E-state index in [0.29, 0.717) is 6.04 Å². The molecule has 2 rings (SSSR count). The Morgan fingerprint density at radius 2 is 2.14 bits per heavy atom. The van der Waals surface area contributed by atoms with E-state index in [1.54, 1.807) is 0 Å². The van der Waals surface area contributed by atoms with Crippen LogP contribution in [0.3, 0.4) is 0 Å². The van der Waals surface area contributed by atoms with Crippen molar-refractivity contribution in [3.05, 3.63) is 33.4 Å². The summed E-state index contributed by atoms with van der Waals surface area (Å²) in [6.07, 6.45) is 4.17. The second-order valence-corrected chi connectivity index (χ2v) is 5.20. The lowest BCUT2D eigenvalue weighted by atomic mass is 10.0. The SMILES string of the molecule is CNC(CC1CC1)c1ccccc1I. The van der Waals surface area contributed by atoms with Gasteiger partial charge in [-0.15, -0.1) is 0 Å². The summed E-state index contributed by atoms with van der Waals surface area (Å²) < 4.78 is 1.38. The fourth-order valence-electron chi connectivity index (χ4n) is 1.84. The van der Waals surface area contributed by atoms with Gasteiger partial charge in [0.1, 0.15) is 0 Å². The Bertz CT molecular complexity index is 307. The third-order valence-corrected chi connectivity index (χ3v) is 3.88. The minimum absolute atomic E-state index is 0.551. The average Bonchev–Trinajstić information content (AvgIpc) is 2.99. The molecule has 1 nitrogen and oxygen atoms in total. The maximum Gasteiger partial charge on any atom is 0.0330 e. The molecule has 14 heavy (non-hydrogen) atoms. The Labute approximate surface area is 99.4 Å². The largest absolute Gasteiger partial charge is 0.313 e. The van der Waals surface area contributed by atoms with Crippen molar-refractivity contribution in [2.75, 3.05) is 7.05 Å². The summed E-state index contributed by atoms with van der Waals surface area (Å²) >= 11 is 2.43. The maximum absolute atomic E-state index is 3.43. The molecule has 1 saturated carbocycles. The number of hydrogen-bond donors (Lipinski definition) is 1. The molecule has 1 aromatic carbocycles. The van der Waals surface area contributed by atoms with Gasteiger partial charge in [0.05, 0.1) is 0 Å². The van der Waals surface area contributed by atoms with E-state index in [0.717, 1.165) is 5.92 Å².